The molecule has 2 N–H and O–H groups in total. The molecule has 0 aliphatic carbocycles. The van der Waals surface area contributed by atoms with Crippen molar-refractivity contribution in [2.45, 2.75) is 31.2 Å². The Bertz CT molecular complexity index is 564. The maximum Gasteiger partial charge on any atom is 0.123 e. The fraction of sp³-hybridized carbons (Fsp3) is 0.267. The van der Waals surface area contributed by atoms with Crippen molar-refractivity contribution < 1.29 is 4.39 Å². The standard InChI is InChI=1S/C15H17FN2S/c1-10-5-11(2)18-15(6-10)19-9-13-7-14(16)4-3-12(13)8-17/h3-7H,8-9,17H2,1-2H3. The SMILES string of the molecule is Cc1cc(C)nc(SCc2cc(F)ccc2CN)c1. The molecule has 0 aliphatic rings. The Kier molecular flexibility index (Phi) is 4.56. The number of nitrogens with two attached hydrogens (primary N) is 1. The maximum atomic E-state index is 13.3. The lowest BCUT2D eigenvalue weighted by atomic mass is 10.1. The maximum absolute atomic E-state index is 13.3. The molecule has 4 heteroatoms. The van der Waals surface area contributed by atoms with Gasteiger partial charge in [-0.05, 0) is 54.8 Å². The first-order valence-corrected chi connectivity index (χ1v) is 7.12. The Hall–Kier alpha value is -1.39. The normalized spacial score (nSPS) is 10.7. The second kappa shape index (κ2) is 6.17. The fourth-order valence-corrected chi connectivity index (χ4v) is 3.01. The number of halogens is 1. The highest BCUT2D eigenvalue weighted by atomic mass is 32.2. The van der Waals surface area contributed by atoms with Crippen LogP contribution >= 0.6 is 11.8 Å². The van der Waals surface area contributed by atoms with Crippen molar-refractivity contribution in [2.75, 3.05) is 0 Å². The molecule has 2 aromatic rings. The van der Waals surface area contributed by atoms with E-state index in [1.54, 1.807) is 23.9 Å². The van der Waals surface area contributed by atoms with Gasteiger partial charge in [0, 0.05) is 18.0 Å². The molecule has 0 spiro atoms. The number of aryl methyl sites for hydroxylation is 2. The van der Waals surface area contributed by atoms with Gasteiger partial charge in [0.25, 0.3) is 0 Å². The third-order valence-electron chi connectivity index (χ3n) is 2.84. The van der Waals surface area contributed by atoms with E-state index in [1.165, 1.54) is 11.6 Å². The van der Waals surface area contributed by atoms with Crippen molar-refractivity contribution in [1.29, 1.82) is 0 Å². The summed E-state index contributed by atoms with van der Waals surface area (Å²) < 4.78 is 13.3. The lowest BCUT2D eigenvalue weighted by molar-refractivity contribution is 0.625. The van der Waals surface area contributed by atoms with E-state index >= 15 is 0 Å². The Morgan fingerprint density at radius 1 is 1.16 bits per heavy atom. The number of hydrogen-bond acceptors (Lipinski definition) is 3. The largest absolute Gasteiger partial charge is 0.326 e. The molecule has 2 rings (SSSR count). The predicted molar refractivity (Wildman–Crippen MR) is 77.6 cm³/mol. The molecule has 1 aromatic heterocycles. The highest BCUT2D eigenvalue weighted by Gasteiger charge is 2.05. The van der Waals surface area contributed by atoms with Crippen LogP contribution in [0.1, 0.15) is 22.4 Å². The van der Waals surface area contributed by atoms with E-state index in [-0.39, 0.29) is 5.82 Å². The molecule has 0 saturated heterocycles. The molecule has 100 valence electrons. The number of nitrogens with zero attached hydrogens (tertiary/aromatic N) is 1. The molecule has 0 amide bonds. The molecular formula is C15H17FN2S. The molecule has 1 aromatic carbocycles. The monoisotopic (exact) mass is 276 g/mol. The van der Waals surface area contributed by atoms with Crippen LogP contribution in [0.5, 0.6) is 0 Å². The highest BCUT2D eigenvalue weighted by Crippen LogP contribution is 2.24. The molecule has 0 aliphatic heterocycles. The molecule has 19 heavy (non-hydrogen) atoms. The van der Waals surface area contributed by atoms with Crippen LogP contribution < -0.4 is 5.73 Å². The second-order valence-electron chi connectivity index (χ2n) is 4.53. The van der Waals surface area contributed by atoms with Crippen molar-refractivity contribution in [3.63, 3.8) is 0 Å². The molecule has 0 fully saturated rings. The summed E-state index contributed by atoms with van der Waals surface area (Å²) in [5, 5.41) is 0.963. The van der Waals surface area contributed by atoms with E-state index in [0.29, 0.717) is 12.3 Å². The molecule has 2 nitrogen and oxygen atoms in total. The summed E-state index contributed by atoms with van der Waals surface area (Å²) in [6, 6.07) is 8.83. The summed E-state index contributed by atoms with van der Waals surface area (Å²) in [5.74, 6) is 0.460. The highest BCUT2D eigenvalue weighted by molar-refractivity contribution is 7.98. The third-order valence-corrected chi connectivity index (χ3v) is 3.80. The van der Waals surface area contributed by atoms with E-state index in [9.17, 15) is 4.39 Å². The smallest absolute Gasteiger partial charge is 0.123 e. The minimum atomic E-state index is -0.221. The van der Waals surface area contributed by atoms with Gasteiger partial charge in [-0.3, -0.25) is 0 Å². The van der Waals surface area contributed by atoms with Crippen molar-refractivity contribution in [3.8, 4) is 0 Å². The zero-order valence-electron chi connectivity index (χ0n) is 11.1. The summed E-state index contributed by atoms with van der Waals surface area (Å²) in [5.41, 5.74) is 9.78. The predicted octanol–water partition coefficient (Wildman–Crippen LogP) is 3.59. The zero-order chi connectivity index (χ0) is 13.8. The Balaban J connectivity index is 2.16. The topological polar surface area (TPSA) is 38.9 Å². The van der Waals surface area contributed by atoms with Gasteiger partial charge < -0.3 is 5.73 Å². The van der Waals surface area contributed by atoms with Crippen LogP contribution in [0.25, 0.3) is 0 Å². The lowest BCUT2D eigenvalue weighted by Gasteiger charge is -2.08. The molecule has 0 atom stereocenters. The van der Waals surface area contributed by atoms with E-state index < -0.39 is 0 Å². The summed E-state index contributed by atoms with van der Waals surface area (Å²) >= 11 is 1.61. The zero-order valence-corrected chi connectivity index (χ0v) is 11.9. The number of thioether (sulfide) groups is 1. The van der Waals surface area contributed by atoms with Crippen molar-refractivity contribution >= 4 is 11.8 Å². The first-order chi connectivity index (χ1) is 9.08. The van der Waals surface area contributed by atoms with Crippen molar-refractivity contribution in [1.82, 2.24) is 4.98 Å². The molecular weight excluding hydrogens is 259 g/mol. The summed E-state index contributed by atoms with van der Waals surface area (Å²) in [6.07, 6.45) is 0. The van der Waals surface area contributed by atoms with Gasteiger partial charge in [0.15, 0.2) is 0 Å². The Labute approximate surface area is 117 Å². The van der Waals surface area contributed by atoms with Gasteiger partial charge >= 0.3 is 0 Å². The number of pyridine rings is 1. The van der Waals surface area contributed by atoms with E-state index in [4.69, 9.17) is 5.73 Å². The van der Waals surface area contributed by atoms with Crippen LogP contribution in [0.15, 0.2) is 35.4 Å². The van der Waals surface area contributed by atoms with Gasteiger partial charge in [-0.15, -0.1) is 11.8 Å². The quantitative estimate of drug-likeness (QED) is 0.867. The first kappa shape index (κ1) is 14.0. The molecule has 1 heterocycles. The van der Waals surface area contributed by atoms with Crippen molar-refractivity contribution in [3.05, 3.63) is 58.5 Å². The molecule has 0 saturated carbocycles. The van der Waals surface area contributed by atoms with Gasteiger partial charge in [-0.1, -0.05) is 6.07 Å². The minimum absolute atomic E-state index is 0.221. The van der Waals surface area contributed by atoms with E-state index in [1.807, 2.05) is 26.0 Å². The van der Waals surface area contributed by atoms with Crippen molar-refractivity contribution in [2.24, 2.45) is 5.73 Å². The second-order valence-corrected chi connectivity index (χ2v) is 5.53. The Morgan fingerprint density at radius 3 is 2.63 bits per heavy atom. The van der Waals surface area contributed by atoms with E-state index in [0.717, 1.165) is 21.8 Å². The number of benzene rings is 1. The third kappa shape index (κ3) is 3.78. The van der Waals surface area contributed by atoms with Crippen LogP contribution in [-0.4, -0.2) is 4.98 Å². The summed E-state index contributed by atoms with van der Waals surface area (Å²) in [7, 11) is 0. The fourth-order valence-electron chi connectivity index (χ4n) is 1.96. The summed E-state index contributed by atoms with van der Waals surface area (Å²) in [4.78, 5) is 4.46. The van der Waals surface area contributed by atoms with Crippen LogP contribution in [0.4, 0.5) is 4.39 Å². The van der Waals surface area contributed by atoms with Gasteiger partial charge in [0.05, 0.1) is 5.03 Å². The molecule has 0 bridgehead atoms. The first-order valence-electron chi connectivity index (χ1n) is 6.14. The van der Waals surface area contributed by atoms with Crippen LogP contribution in [0.3, 0.4) is 0 Å². The van der Waals surface area contributed by atoms with Gasteiger partial charge in [-0.25, -0.2) is 9.37 Å². The molecule has 0 unspecified atom stereocenters. The number of hydrogen-bond donors (Lipinski definition) is 1. The minimum Gasteiger partial charge on any atom is -0.326 e. The van der Waals surface area contributed by atoms with Gasteiger partial charge in [-0.2, -0.15) is 0 Å². The summed E-state index contributed by atoms with van der Waals surface area (Å²) in [6.45, 7) is 4.45. The van der Waals surface area contributed by atoms with Crippen LogP contribution in [-0.2, 0) is 12.3 Å². The Morgan fingerprint density at radius 2 is 1.95 bits per heavy atom. The average Bonchev–Trinajstić information content (AvgIpc) is 2.35. The van der Waals surface area contributed by atoms with Crippen LogP contribution in [0.2, 0.25) is 0 Å². The number of rotatable bonds is 4. The lowest BCUT2D eigenvalue weighted by Crippen LogP contribution is -2.01. The van der Waals surface area contributed by atoms with E-state index in [2.05, 4.69) is 4.98 Å². The molecule has 0 radical (unpaired) electrons. The van der Waals surface area contributed by atoms with Gasteiger partial charge in [0.1, 0.15) is 5.82 Å². The average molecular weight is 276 g/mol. The number of aromatic nitrogens is 1. The van der Waals surface area contributed by atoms with Crippen LogP contribution in [0, 0.1) is 19.7 Å². The van der Waals surface area contributed by atoms with Gasteiger partial charge in [0.2, 0.25) is 0 Å².